The molecular formula is C35H24N2. The average molecular weight is 473 g/mol. The van der Waals surface area contributed by atoms with Crippen LogP contribution in [0.1, 0.15) is 11.1 Å². The molecule has 0 bridgehead atoms. The van der Waals surface area contributed by atoms with Gasteiger partial charge < -0.3 is 0 Å². The van der Waals surface area contributed by atoms with Gasteiger partial charge in [0, 0.05) is 28.7 Å². The molecule has 0 aliphatic heterocycles. The Hall–Kier alpha value is -4.82. The van der Waals surface area contributed by atoms with Gasteiger partial charge in [-0.25, -0.2) is 9.97 Å². The van der Waals surface area contributed by atoms with E-state index in [1.165, 1.54) is 33.4 Å². The first-order valence-corrected chi connectivity index (χ1v) is 12.6. The van der Waals surface area contributed by atoms with Crippen molar-refractivity contribution in [3.63, 3.8) is 0 Å². The quantitative estimate of drug-likeness (QED) is 0.256. The van der Waals surface area contributed by atoms with E-state index in [2.05, 4.69) is 121 Å². The first-order valence-electron chi connectivity index (χ1n) is 12.6. The highest BCUT2D eigenvalue weighted by molar-refractivity contribution is 5.83. The number of hydrogen-bond donors (Lipinski definition) is 0. The van der Waals surface area contributed by atoms with Crippen LogP contribution in [0.25, 0.3) is 56.2 Å². The summed E-state index contributed by atoms with van der Waals surface area (Å²) in [5.41, 5.74) is 12.7. The highest BCUT2D eigenvalue weighted by atomic mass is 14.9. The lowest BCUT2D eigenvalue weighted by atomic mass is 9.98. The van der Waals surface area contributed by atoms with E-state index < -0.39 is 0 Å². The van der Waals surface area contributed by atoms with E-state index in [1.54, 1.807) is 0 Å². The maximum absolute atomic E-state index is 5.15. The van der Waals surface area contributed by atoms with Crippen LogP contribution in [0, 0.1) is 0 Å². The zero-order chi connectivity index (χ0) is 24.6. The molecule has 0 unspecified atom stereocenters. The molecule has 0 atom stereocenters. The summed E-state index contributed by atoms with van der Waals surface area (Å²) in [4.78, 5) is 10.3. The van der Waals surface area contributed by atoms with Crippen LogP contribution in [0.5, 0.6) is 0 Å². The summed E-state index contributed by atoms with van der Waals surface area (Å²) in [6.45, 7) is 0. The summed E-state index contributed by atoms with van der Waals surface area (Å²) in [7, 11) is 0. The molecule has 174 valence electrons. The fourth-order valence-corrected chi connectivity index (χ4v) is 5.26. The Morgan fingerprint density at radius 3 is 1.70 bits per heavy atom. The molecule has 1 aliphatic rings. The van der Waals surface area contributed by atoms with Crippen molar-refractivity contribution in [2.24, 2.45) is 0 Å². The Bertz CT molecular complexity index is 1720. The highest BCUT2D eigenvalue weighted by Crippen LogP contribution is 2.41. The predicted molar refractivity (Wildman–Crippen MR) is 152 cm³/mol. The third-order valence-electron chi connectivity index (χ3n) is 7.14. The van der Waals surface area contributed by atoms with Crippen molar-refractivity contribution < 1.29 is 0 Å². The first kappa shape index (κ1) is 21.5. The Morgan fingerprint density at radius 2 is 0.946 bits per heavy atom. The molecule has 1 heterocycles. The molecule has 0 saturated carbocycles. The van der Waals surface area contributed by atoms with Crippen molar-refractivity contribution in [2.45, 2.75) is 6.42 Å². The fraction of sp³-hybridized carbons (Fsp3) is 0.0286. The number of benzene rings is 5. The number of rotatable bonds is 4. The third-order valence-corrected chi connectivity index (χ3v) is 7.14. The number of aromatic nitrogens is 2. The second-order valence-corrected chi connectivity index (χ2v) is 9.45. The number of fused-ring (bicyclic) bond motifs is 3. The molecule has 1 aliphatic carbocycles. The molecule has 2 heteroatoms. The van der Waals surface area contributed by atoms with Crippen LogP contribution < -0.4 is 0 Å². The summed E-state index contributed by atoms with van der Waals surface area (Å²) in [5.74, 6) is 0.761. The molecule has 0 radical (unpaired) electrons. The smallest absolute Gasteiger partial charge is 0.160 e. The van der Waals surface area contributed by atoms with E-state index in [9.17, 15) is 0 Å². The Kier molecular flexibility index (Phi) is 5.22. The average Bonchev–Trinajstić information content (AvgIpc) is 3.36. The van der Waals surface area contributed by atoms with Crippen molar-refractivity contribution in [3.8, 4) is 56.2 Å². The summed E-state index contributed by atoms with van der Waals surface area (Å²) in [6, 6.07) is 46.9. The van der Waals surface area contributed by atoms with Gasteiger partial charge >= 0.3 is 0 Å². The minimum absolute atomic E-state index is 0.761. The lowest BCUT2D eigenvalue weighted by molar-refractivity contribution is 1.13. The van der Waals surface area contributed by atoms with Gasteiger partial charge in [0.2, 0.25) is 0 Å². The lowest BCUT2D eigenvalue weighted by Crippen LogP contribution is -1.99. The summed E-state index contributed by atoms with van der Waals surface area (Å²) >= 11 is 0. The van der Waals surface area contributed by atoms with Crippen molar-refractivity contribution in [1.82, 2.24) is 9.97 Å². The maximum atomic E-state index is 5.15. The van der Waals surface area contributed by atoms with Crippen LogP contribution in [-0.2, 0) is 6.42 Å². The monoisotopic (exact) mass is 472 g/mol. The van der Waals surface area contributed by atoms with E-state index in [-0.39, 0.29) is 0 Å². The molecule has 0 fully saturated rings. The van der Waals surface area contributed by atoms with Crippen LogP contribution in [0.2, 0.25) is 0 Å². The molecule has 0 spiro atoms. The van der Waals surface area contributed by atoms with Gasteiger partial charge in [0.15, 0.2) is 5.82 Å². The summed E-state index contributed by atoms with van der Waals surface area (Å²) in [5, 5.41) is 0. The van der Waals surface area contributed by atoms with Crippen molar-refractivity contribution >= 4 is 0 Å². The zero-order valence-electron chi connectivity index (χ0n) is 20.3. The molecule has 1 aromatic heterocycles. The van der Waals surface area contributed by atoms with Gasteiger partial charge in [-0.3, -0.25) is 0 Å². The topological polar surface area (TPSA) is 25.8 Å². The van der Waals surface area contributed by atoms with E-state index >= 15 is 0 Å². The second kappa shape index (κ2) is 9.00. The Morgan fingerprint density at radius 1 is 0.405 bits per heavy atom. The van der Waals surface area contributed by atoms with Gasteiger partial charge in [-0.15, -0.1) is 0 Å². The fourth-order valence-electron chi connectivity index (χ4n) is 5.26. The number of hydrogen-bond acceptors (Lipinski definition) is 2. The van der Waals surface area contributed by atoms with E-state index in [4.69, 9.17) is 9.97 Å². The van der Waals surface area contributed by atoms with Crippen molar-refractivity contribution in [1.29, 1.82) is 0 Å². The van der Waals surface area contributed by atoms with Gasteiger partial charge in [-0.05, 0) is 33.9 Å². The van der Waals surface area contributed by atoms with E-state index in [0.29, 0.717) is 0 Å². The normalized spacial score (nSPS) is 11.7. The molecule has 6 aromatic rings. The van der Waals surface area contributed by atoms with Crippen LogP contribution >= 0.6 is 0 Å². The largest absolute Gasteiger partial charge is 0.228 e. The molecule has 7 rings (SSSR count). The molecule has 5 aromatic carbocycles. The standard InChI is InChI=1S/C35H24N2/c1-3-10-24(11-4-1)25-18-20-26(21-19-25)28-15-9-16-30(22-28)35-36-33(27-12-5-2-6-13-27)32-23-29-14-7-8-17-31(29)34(32)37-35/h1-22H,23H2. The molecule has 0 saturated heterocycles. The third kappa shape index (κ3) is 3.93. The van der Waals surface area contributed by atoms with Crippen LogP contribution in [0.15, 0.2) is 133 Å². The predicted octanol–water partition coefficient (Wildman–Crippen LogP) is 8.72. The van der Waals surface area contributed by atoms with Gasteiger partial charge in [-0.2, -0.15) is 0 Å². The van der Waals surface area contributed by atoms with Crippen molar-refractivity contribution in [3.05, 3.63) is 145 Å². The second-order valence-electron chi connectivity index (χ2n) is 9.45. The Balaban J connectivity index is 1.32. The molecule has 0 N–H and O–H groups in total. The molecular weight excluding hydrogens is 448 g/mol. The van der Waals surface area contributed by atoms with Crippen LogP contribution in [0.3, 0.4) is 0 Å². The SMILES string of the molecule is c1ccc(-c2ccc(-c3cccc(-c4nc(-c5ccccc5)c5c(n4)-c4ccccc4C5)c3)cc2)cc1. The van der Waals surface area contributed by atoms with Crippen LogP contribution in [0.4, 0.5) is 0 Å². The van der Waals surface area contributed by atoms with E-state index in [0.717, 1.165) is 40.3 Å². The maximum Gasteiger partial charge on any atom is 0.160 e. The summed E-state index contributed by atoms with van der Waals surface area (Å²) < 4.78 is 0. The summed E-state index contributed by atoms with van der Waals surface area (Å²) in [6.07, 6.45) is 0.865. The van der Waals surface area contributed by atoms with Gasteiger partial charge in [0.25, 0.3) is 0 Å². The first-order chi connectivity index (χ1) is 18.3. The minimum Gasteiger partial charge on any atom is -0.228 e. The van der Waals surface area contributed by atoms with Gasteiger partial charge in [0.05, 0.1) is 11.4 Å². The number of nitrogens with zero attached hydrogens (tertiary/aromatic N) is 2. The van der Waals surface area contributed by atoms with Crippen LogP contribution in [-0.4, -0.2) is 9.97 Å². The minimum atomic E-state index is 0.761. The van der Waals surface area contributed by atoms with E-state index in [1.807, 2.05) is 12.1 Å². The zero-order valence-corrected chi connectivity index (χ0v) is 20.3. The van der Waals surface area contributed by atoms with Gasteiger partial charge in [0.1, 0.15) is 0 Å². The van der Waals surface area contributed by atoms with Crippen molar-refractivity contribution in [2.75, 3.05) is 0 Å². The lowest BCUT2D eigenvalue weighted by Gasteiger charge is -2.12. The Labute approximate surface area is 217 Å². The van der Waals surface area contributed by atoms with Gasteiger partial charge in [-0.1, -0.05) is 127 Å². The molecule has 2 nitrogen and oxygen atoms in total. The highest BCUT2D eigenvalue weighted by Gasteiger charge is 2.25. The molecule has 37 heavy (non-hydrogen) atoms. The molecule has 0 amide bonds.